The van der Waals surface area contributed by atoms with E-state index in [0.717, 1.165) is 57.2 Å². The van der Waals surface area contributed by atoms with Crippen LogP contribution in [0.3, 0.4) is 0 Å². The minimum atomic E-state index is 0.0922. The smallest absolute Gasteiger partial charge is 0.154 e. The minimum Gasteiger partial charge on any atom is -0.394 e. The summed E-state index contributed by atoms with van der Waals surface area (Å²) in [6.07, 6.45) is 5.52. The lowest BCUT2D eigenvalue weighted by Crippen LogP contribution is -2.35. The molecule has 0 bridgehead atoms. The van der Waals surface area contributed by atoms with Crippen LogP contribution >= 0.6 is 0 Å². The molecule has 0 radical (unpaired) electrons. The maximum Gasteiger partial charge on any atom is 0.154 e. The molecule has 3 heterocycles. The van der Waals surface area contributed by atoms with E-state index in [1.165, 1.54) is 18.4 Å². The molecule has 0 amide bonds. The maximum absolute atomic E-state index is 9.54. The molecule has 6 heteroatoms. The first-order chi connectivity index (χ1) is 13.3. The first-order valence-electron chi connectivity index (χ1n) is 10.3. The fraction of sp³-hybridized carbons (Fsp3) is 0.619. The van der Waals surface area contributed by atoms with E-state index in [2.05, 4.69) is 35.2 Å². The van der Waals surface area contributed by atoms with Crippen LogP contribution in [0.5, 0.6) is 0 Å². The lowest BCUT2D eigenvalue weighted by Gasteiger charge is -2.35. The van der Waals surface area contributed by atoms with Crippen LogP contribution in [0.4, 0.5) is 0 Å². The molecule has 146 valence electrons. The number of aliphatic hydroxyl groups is 1. The Hall–Kier alpha value is -1.76. The Labute approximate surface area is 161 Å². The Kier molecular flexibility index (Phi) is 6.17. The van der Waals surface area contributed by atoms with E-state index >= 15 is 0 Å². The number of ether oxygens (including phenoxy) is 1. The fourth-order valence-corrected chi connectivity index (χ4v) is 4.30. The number of aromatic nitrogens is 3. The van der Waals surface area contributed by atoms with Crippen molar-refractivity contribution in [2.45, 2.75) is 57.2 Å². The second-order valence-corrected chi connectivity index (χ2v) is 7.63. The standard InChI is InChI=1S/C21H30N4O2/c26-13-12-25-21(22-20(23-25)18-9-14-27-15-10-18)19-8-4-5-11-24(19)16-17-6-2-1-3-7-17/h1-3,6-7,18-19,26H,4-5,8-16H2. The van der Waals surface area contributed by atoms with Gasteiger partial charge in [0.15, 0.2) is 5.82 Å². The second-order valence-electron chi connectivity index (χ2n) is 7.63. The Morgan fingerprint density at radius 3 is 2.67 bits per heavy atom. The molecule has 6 nitrogen and oxygen atoms in total. The quantitative estimate of drug-likeness (QED) is 0.847. The molecule has 1 aromatic carbocycles. The molecular weight excluding hydrogens is 340 g/mol. The van der Waals surface area contributed by atoms with Gasteiger partial charge < -0.3 is 9.84 Å². The van der Waals surface area contributed by atoms with Crippen LogP contribution in [0.15, 0.2) is 30.3 Å². The van der Waals surface area contributed by atoms with Crippen molar-refractivity contribution >= 4 is 0 Å². The SMILES string of the molecule is OCCn1nc(C2CCOCC2)nc1C1CCCCN1Cc1ccccc1. The Balaban J connectivity index is 1.59. The van der Waals surface area contributed by atoms with Crippen LogP contribution in [-0.4, -0.2) is 51.1 Å². The van der Waals surface area contributed by atoms with Gasteiger partial charge in [-0.25, -0.2) is 9.67 Å². The summed E-state index contributed by atoms with van der Waals surface area (Å²) in [5.74, 6) is 2.34. The maximum atomic E-state index is 9.54. The summed E-state index contributed by atoms with van der Waals surface area (Å²) in [5.41, 5.74) is 1.34. The van der Waals surface area contributed by atoms with Gasteiger partial charge in [0.25, 0.3) is 0 Å². The van der Waals surface area contributed by atoms with Crippen LogP contribution < -0.4 is 0 Å². The number of piperidine rings is 1. The zero-order valence-electron chi connectivity index (χ0n) is 16.0. The zero-order chi connectivity index (χ0) is 18.5. The number of nitrogens with zero attached hydrogens (tertiary/aromatic N) is 4. The van der Waals surface area contributed by atoms with E-state index in [1.54, 1.807) is 0 Å². The fourth-order valence-electron chi connectivity index (χ4n) is 4.30. The lowest BCUT2D eigenvalue weighted by atomic mass is 9.99. The number of aliphatic hydroxyl groups excluding tert-OH is 1. The van der Waals surface area contributed by atoms with Crippen LogP contribution in [0.2, 0.25) is 0 Å². The van der Waals surface area contributed by atoms with Crippen molar-refractivity contribution in [1.29, 1.82) is 0 Å². The van der Waals surface area contributed by atoms with Gasteiger partial charge in [-0.2, -0.15) is 5.10 Å². The van der Waals surface area contributed by atoms with Gasteiger partial charge in [0.05, 0.1) is 19.2 Å². The van der Waals surface area contributed by atoms with Gasteiger partial charge in [0, 0.05) is 25.7 Å². The summed E-state index contributed by atoms with van der Waals surface area (Å²) >= 11 is 0. The van der Waals surface area contributed by atoms with Crippen molar-refractivity contribution < 1.29 is 9.84 Å². The molecule has 1 atom stereocenters. The van der Waals surface area contributed by atoms with E-state index in [4.69, 9.17) is 14.8 Å². The first kappa shape index (κ1) is 18.6. The third-order valence-corrected chi connectivity index (χ3v) is 5.76. The van der Waals surface area contributed by atoms with Crippen LogP contribution in [0.25, 0.3) is 0 Å². The highest BCUT2D eigenvalue weighted by atomic mass is 16.5. The van der Waals surface area contributed by atoms with Gasteiger partial charge in [0.1, 0.15) is 5.82 Å². The molecule has 2 aliphatic heterocycles. The van der Waals surface area contributed by atoms with E-state index in [9.17, 15) is 5.11 Å². The lowest BCUT2D eigenvalue weighted by molar-refractivity contribution is 0.0834. The molecule has 4 rings (SSSR count). The second kappa shape index (κ2) is 8.95. The molecule has 0 saturated carbocycles. The summed E-state index contributed by atoms with van der Waals surface area (Å²) in [6.45, 7) is 4.20. The highest BCUT2D eigenvalue weighted by Crippen LogP contribution is 2.33. The van der Waals surface area contributed by atoms with Crippen molar-refractivity contribution in [3.8, 4) is 0 Å². The number of benzene rings is 1. The third kappa shape index (κ3) is 4.39. The molecule has 2 aromatic rings. The van der Waals surface area contributed by atoms with E-state index in [0.29, 0.717) is 12.5 Å². The highest BCUT2D eigenvalue weighted by Gasteiger charge is 2.30. The normalized spacial score (nSPS) is 22.2. The minimum absolute atomic E-state index is 0.0922. The molecule has 27 heavy (non-hydrogen) atoms. The molecule has 2 saturated heterocycles. The largest absolute Gasteiger partial charge is 0.394 e. The van der Waals surface area contributed by atoms with Crippen molar-refractivity contribution in [1.82, 2.24) is 19.7 Å². The average Bonchev–Trinajstić information content (AvgIpc) is 3.14. The highest BCUT2D eigenvalue weighted by molar-refractivity contribution is 5.15. The predicted molar refractivity (Wildman–Crippen MR) is 103 cm³/mol. The summed E-state index contributed by atoms with van der Waals surface area (Å²) in [6, 6.07) is 10.9. The summed E-state index contributed by atoms with van der Waals surface area (Å²) in [4.78, 5) is 7.54. The third-order valence-electron chi connectivity index (χ3n) is 5.76. The molecule has 1 N–H and O–H groups in total. The van der Waals surface area contributed by atoms with E-state index < -0.39 is 0 Å². The van der Waals surface area contributed by atoms with Crippen molar-refractivity contribution in [2.75, 3.05) is 26.4 Å². The number of hydrogen-bond acceptors (Lipinski definition) is 5. The van der Waals surface area contributed by atoms with Crippen molar-refractivity contribution in [3.63, 3.8) is 0 Å². The molecule has 1 unspecified atom stereocenters. The Morgan fingerprint density at radius 1 is 1.07 bits per heavy atom. The molecule has 1 aromatic heterocycles. The van der Waals surface area contributed by atoms with Crippen molar-refractivity contribution in [3.05, 3.63) is 47.5 Å². The predicted octanol–water partition coefficient (Wildman–Crippen LogP) is 2.89. The van der Waals surface area contributed by atoms with Gasteiger partial charge in [0.2, 0.25) is 0 Å². The average molecular weight is 370 g/mol. The summed E-state index contributed by atoms with van der Waals surface area (Å²) < 4.78 is 7.45. The number of hydrogen-bond donors (Lipinski definition) is 1. The monoisotopic (exact) mass is 370 g/mol. The Bertz CT molecular complexity index is 712. The molecule has 2 aliphatic rings. The van der Waals surface area contributed by atoms with Gasteiger partial charge in [-0.1, -0.05) is 36.8 Å². The topological polar surface area (TPSA) is 63.4 Å². The van der Waals surface area contributed by atoms with E-state index in [1.807, 2.05) is 4.68 Å². The van der Waals surface area contributed by atoms with Crippen LogP contribution in [-0.2, 0) is 17.8 Å². The summed E-state index contributed by atoms with van der Waals surface area (Å²) in [5, 5.41) is 14.3. The molecule has 2 fully saturated rings. The van der Waals surface area contributed by atoms with Crippen LogP contribution in [0, 0.1) is 0 Å². The molecular formula is C21H30N4O2. The molecule has 0 spiro atoms. The van der Waals surface area contributed by atoms with Gasteiger partial charge in [-0.05, 0) is 37.8 Å². The van der Waals surface area contributed by atoms with E-state index in [-0.39, 0.29) is 12.6 Å². The van der Waals surface area contributed by atoms with Gasteiger partial charge >= 0.3 is 0 Å². The van der Waals surface area contributed by atoms with Gasteiger partial charge in [-0.15, -0.1) is 0 Å². The van der Waals surface area contributed by atoms with Gasteiger partial charge in [-0.3, -0.25) is 4.90 Å². The molecule has 0 aliphatic carbocycles. The number of rotatable bonds is 6. The summed E-state index contributed by atoms with van der Waals surface area (Å²) in [7, 11) is 0. The van der Waals surface area contributed by atoms with Crippen LogP contribution in [0.1, 0.15) is 61.3 Å². The first-order valence-corrected chi connectivity index (χ1v) is 10.3. The van der Waals surface area contributed by atoms with Crippen molar-refractivity contribution in [2.24, 2.45) is 0 Å². The zero-order valence-corrected chi connectivity index (χ0v) is 16.0. The number of likely N-dealkylation sites (tertiary alicyclic amines) is 1. The Morgan fingerprint density at radius 2 is 1.89 bits per heavy atom.